The molecular weight excluding hydrogens is 298 g/mol. The number of carbonyl (C=O) groups is 2. The van der Waals surface area contributed by atoms with E-state index in [1.165, 1.54) is 7.11 Å². The molecule has 0 aliphatic carbocycles. The summed E-state index contributed by atoms with van der Waals surface area (Å²) >= 11 is 0. The van der Waals surface area contributed by atoms with Gasteiger partial charge in [-0.1, -0.05) is 13.0 Å². The van der Waals surface area contributed by atoms with Gasteiger partial charge in [-0.2, -0.15) is 0 Å². The van der Waals surface area contributed by atoms with E-state index < -0.39 is 0 Å². The van der Waals surface area contributed by atoms with Crippen LogP contribution >= 0.6 is 0 Å². The number of benzene rings is 1. The second kappa shape index (κ2) is 7.35. The van der Waals surface area contributed by atoms with Crippen LogP contribution in [0, 0.1) is 11.8 Å². The number of carbonyl (C=O) groups excluding carboxylic acids is 2. The predicted molar refractivity (Wildman–Crippen MR) is 84.5 cm³/mol. The number of fused-ring (bicyclic) bond motifs is 1. The SMILES string of the molecule is COC(=O)[C@@H](C)CN(C)C(=O)[C@@H]1COc2cc(OC)ccc2C1. The topological polar surface area (TPSA) is 65.1 Å². The molecule has 1 amide bonds. The van der Waals surface area contributed by atoms with Crippen LogP contribution in [0.5, 0.6) is 11.5 Å². The Kier molecular flexibility index (Phi) is 5.47. The molecule has 23 heavy (non-hydrogen) atoms. The zero-order chi connectivity index (χ0) is 17.0. The van der Waals surface area contributed by atoms with Gasteiger partial charge < -0.3 is 19.1 Å². The molecule has 6 nitrogen and oxygen atoms in total. The molecule has 0 saturated carbocycles. The first-order chi connectivity index (χ1) is 11.0. The molecule has 0 fully saturated rings. The van der Waals surface area contributed by atoms with Crippen LogP contribution in [0.25, 0.3) is 0 Å². The van der Waals surface area contributed by atoms with Gasteiger partial charge in [0.1, 0.15) is 18.1 Å². The lowest BCUT2D eigenvalue weighted by atomic mass is 9.95. The highest BCUT2D eigenvalue weighted by molar-refractivity contribution is 5.80. The molecule has 1 heterocycles. The van der Waals surface area contributed by atoms with Crippen molar-refractivity contribution in [3.8, 4) is 11.5 Å². The molecule has 1 aliphatic rings. The predicted octanol–water partition coefficient (Wildman–Crippen LogP) is 1.51. The average Bonchev–Trinajstić information content (AvgIpc) is 2.59. The summed E-state index contributed by atoms with van der Waals surface area (Å²) in [5.41, 5.74) is 0.991. The number of esters is 1. The van der Waals surface area contributed by atoms with Gasteiger partial charge in [0, 0.05) is 19.7 Å². The Morgan fingerprint density at radius 1 is 1.39 bits per heavy atom. The lowest BCUT2D eigenvalue weighted by Crippen LogP contribution is -2.41. The van der Waals surface area contributed by atoms with Crippen molar-refractivity contribution in [1.29, 1.82) is 0 Å². The summed E-state index contributed by atoms with van der Waals surface area (Å²) in [6.45, 7) is 2.40. The molecule has 0 bridgehead atoms. The van der Waals surface area contributed by atoms with E-state index in [4.69, 9.17) is 14.2 Å². The van der Waals surface area contributed by atoms with Crippen molar-refractivity contribution >= 4 is 11.9 Å². The average molecular weight is 321 g/mol. The molecule has 1 aromatic carbocycles. The Balaban J connectivity index is 1.99. The number of hydrogen-bond acceptors (Lipinski definition) is 5. The van der Waals surface area contributed by atoms with Crippen molar-refractivity contribution in [2.24, 2.45) is 11.8 Å². The van der Waals surface area contributed by atoms with E-state index in [-0.39, 0.29) is 23.7 Å². The second-order valence-electron chi connectivity index (χ2n) is 5.83. The Labute approximate surface area is 136 Å². The number of rotatable bonds is 5. The Hall–Kier alpha value is -2.24. The van der Waals surface area contributed by atoms with Crippen LogP contribution in [0.15, 0.2) is 18.2 Å². The zero-order valence-electron chi connectivity index (χ0n) is 14.0. The monoisotopic (exact) mass is 321 g/mol. The maximum atomic E-state index is 12.5. The molecule has 0 N–H and O–H groups in total. The molecule has 0 unspecified atom stereocenters. The van der Waals surface area contributed by atoms with Crippen LogP contribution < -0.4 is 9.47 Å². The van der Waals surface area contributed by atoms with Crippen LogP contribution in [-0.2, 0) is 20.7 Å². The van der Waals surface area contributed by atoms with E-state index in [0.717, 1.165) is 17.1 Å². The van der Waals surface area contributed by atoms with Crippen molar-refractivity contribution < 1.29 is 23.8 Å². The van der Waals surface area contributed by atoms with E-state index in [2.05, 4.69) is 0 Å². The van der Waals surface area contributed by atoms with Crippen LogP contribution in [0.3, 0.4) is 0 Å². The van der Waals surface area contributed by atoms with Crippen molar-refractivity contribution in [3.63, 3.8) is 0 Å². The minimum Gasteiger partial charge on any atom is -0.497 e. The Bertz CT molecular complexity index is 586. The summed E-state index contributed by atoms with van der Waals surface area (Å²) < 4.78 is 15.6. The first kappa shape index (κ1) is 17.1. The van der Waals surface area contributed by atoms with Crippen molar-refractivity contribution in [3.05, 3.63) is 23.8 Å². The second-order valence-corrected chi connectivity index (χ2v) is 5.83. The minimum atomic E-state index is -0.352. The van der Waals surface area contributed by atoms with E-state index in [9.17, 15) is 9.59 Å². The number of methoxy groups -OCH3 is 2. The van der Waals surface area contributed by atoms with Gasteiger partial charge in [0.25, 0.3) is 0 Å². The molecule has 1 aliphatic heterocycles. The van der Waals surface area contributed by atoms with E-state index >= 15 is 0 Å². The Morgan fingerprint density at radius 2 is 2.13 bits per heavy atom. The first-order valence-electron chi connectivity index (χ1n) is 7.58. The number of ether oxygens (including phenoxy) is 3. The summed E-state index contributed by atoms with van der Waals surface area (Å²) in [5.74, 6) is 0.557. The first-order valence-corrected chi connectivity index (χ1v) is 7.58. The molecule has 0 radical (unpaired) electrons. The third-order valence-electron chi connectivity index (χ3n) is 4.06. The van der Waals surface area contributed by atoms with Crippen LogP contribution in [0.4, 0.5) is 0 Å². The fraction of sp³-hybridized carbons (Fsp3) is 0.529. The number of amides is 1. The van der Waals surface area contributed by atoms with E-state index in [1.807, 2.05) is 18.2 Å². The van der Waals surface area contributed by atoms with Gasteiger partial charge in [0.2, 0.25) is 5.91 Å². The zero-order valence-corrected chi connectivity index (χ0v) is 14.0. The minimum absolute atomic E-state index is 0.0257. The summed E-state index contributed by atoms with van der Waals surface area (Å²) in [7, 11) is 4.65. The van der Waals surface area contributed by atoms with Crippen molar-refractivity contribution in [2.45, 2.75) is 13.3 Å². The highest BCUT2D eigenvalue weighted by Crippen LogP contribution is 2.31. The molecule has 2 rings (SSSR count). The highest BCUT2D eigenvalue weighted by Gasteiger charge is 2.29. The van der Waals surface area contributed by atoms with Crippen LogP contribution in [-0.4, -0.2) is 51.2 Å². The summed E-state index contributed by atoms with van der Waals surface area (Å²) in [5, 5.41) is 0. The standard InChI is InChI=1S/C17H23NO5/c1-11(17(20)22-4)9-18(2)16(19)13-7-12-5-6-14(21-3)8-15(12)23-10-13/h5-6,8,11,13H,7,9-10H2,1-4H3/t11-,13-/m0/s1. The maximum absolute atomic E-state index is 12.5. The molecule has 1 aromatic rings. The third-order valence-corrected chi connectivity index (χ3v) is 4.06. The van der Waals surface area contributed by atoms with Crippen molar-refractivity contribution in [1.82, 2.24) is 4.90 Å². The number of nitrogens with zero attached hydrogens (tertiary/aromatic N) is 1. The smallest absolute Gasteiger partial charge is 0.310 e. The van der Waals surface area contributed by atoms with Gasteiger partial charge in [-0.3, -0.25) is 9.59 Å². The van der Waals surface area contributed by atoms with Gasteiger partial charge in [-0.05, 0) is 18.1 Å². The largest absolute Gasteiger partial charge is 0.497 e. The van der Waals surface area contributed by atoms with Crippen LogP contribution in [0.2, 0.25) is 0 Å². The van der Waals surface area contributed by atoms with E-state index in [1.54, 1.807) is 26.0 Å². The fourth-order valence-corrected chi connectivity index (χ4v) is 2.73. The van der Waals surface area contributed by atoms with Gasteiger partial charge in [0.15, 0.2) is 0 Å². The van der Waals surface area contributed by atoms with Crippen LogP contribution in [0.1, 0.15) is 12.5 Å². The van der Waals surface area contributed by atoms with Crippen molar-refractivity contribution in [2.75, 3.05) is 34.4 Å². The summed E-state index contributed by atoms with van der Waals surface area (Å²) in [6.07, 6.45) is 0.620. The molecule has 2 atom stereocenters. The molecule has 0 saturated heterocycles. The fourth-order valence-electron chi connectivity index (χ4n) is 2.73. The summed E-state index contributed by atoms with van der Waals surface area (Å²) in [4.78, 5) is 25.6. The lowest BCUT2D eigenvalue weighted by Gasteiger charge is -2.29. The molecule has 0 aromatic heterocycles. The molecular formula is C17H23NO5. The van der Waals surface area contributed by atoms with Gasteiger partial charge in [-0.15, -0.1) is 0 Å². The maximum Gasteiger partial charge on any atom is 0.310 e. The molecule has 0 spiro atoms. The molecule has 6 heteroatoms. The van der Waals surface area contributed by atoms with Gasteiger partial charge in [0.05, 0.1) is 26.1 Å². The third kappa shape index (κ3) is 3.94. The summed E-state index contributed by atoms with van der Waals surface area (Å²) in [6, 6.07) is 5.61. The van der Waals surface area contributed by atoms with E-state index in [0.29, 0.717) is 19.6 Å². The molecule has 126 valence electrons. The van der Waals surface area contributed by atoms with Gasteiger partial charge >= 0.3 is 5.97 Å². The Morgan fingerprint density at radius 3 is 2.78 bits per heavy atom. The van der Waals surface area contributed by atoms with Gasteiger partial charge in [-0.25, -0.2) is 0 Å². The quantitative estimate of drug-likeness (QED) is 0.769. The highest BCUT2D eigenvalue weighted by atomic mass is 16.5. The lowest BCUT2D eigenvalue weighted by molar-refractivity contribution is -0.146. The normalized spacial score (nSPS) is 17.5. The number of hydrogen-bond donors (Lipinski definition) is 0.